The van der Waals surface area contributed by atoms with Crippen LogP contribution in [0.3, 0.4) is 0 Å². The molecule has 0 radical (unpaired) electrons. The third-order valence-electron chi connectivity index (χ3n) is 2.72. The summed E-state index contributed by atoms with van der Waals surface area (Å²) in [5, 5.41) is 9.59. The topological polar surface area (TPSA) is 29.5 Å². The number of hydrogen-bond donors (Lipinski definition) is 1. The van der Waals surface area contributed by atoms with Crippen LogP contribution < -0.4 is 4.74 Å². The molecule has 0 aliphatic carbocycles. The minimum atomic E-state index is -0.245. The lowest BCUT2D eigenvalue weighted by molar-refractivity contribution is 0.169. The fourth-order valence-electron chi connectivity index (χ4n) is 1.84. The van der Waals surface area contributed by atoms with Crippen molar-refractivity contribution >= 4 is 0 Å². The molecule has 1 unspecified atom stereocenters. The van der Waals surface area contributed by atoms with E-state index in [1.165, 1.54) is 5.56 Å². The second-order valence-corrected chi connectivity index (χ2v) is 3.77. The van der Waals surface area contributed by atoms with Gasteiger partial charge in [0.2, 0.25) is 0 Å². The van der Waals surface area contributed by atoms with Crippen LogP contribution in [0.2, 0.25) is 0 Å². The third kappa shape index (κ3) is 2.99. The van der Waals surface area contributed by atoms with Crippen molar-refractivity contribution in [2.45, 2.75) is 46.1 Å². The first-order chi connectivity index (χ1) is 7.81. The summed E-state index contributed by atoms with van der Waals surface area (Å²) in [5.41, 5.74) is 2.43. The van der Waals surface area contributed by atoms with Gasteiger partial charge in [-0.3, -0.25) is 0 Å². The summed E-state index contributed by atoms with van der Waals surface area (Å²) < 4.78 is 5.56. The molecule has 2 heteroatoms. The Morgan fingerprint density at radius 1 is 1.38 bits per heavy atom. The van der Waals surface area contributed by atoms with Crippen LogP contribution in [0.25, 0.3) is 0 Å². The Morgan fingerprint density at radius 3 is 2.81 bits per heavy atom. The molecule has 1 aromatic carbocycles. The van der Waals surface area contributed by atoms with Crippen LogP contribution in [0.1, 0.15) is 38.3 Å². The number of rotatable bonds is 3. The maximum Gasteiger partial charge on any atom is 0.125 e. The Bertz CT molecular complexity index is 321. The highest BCUT2D eigenvalue weighted by Gasteiger charge is 2.16. The first-order valence-corrected chi connectivity index (χ1v) is 6.23. The average molecular weight is 222 g/mol. The minimum Gasteiger partial charge on any atom is -0.493 e. The van der Waals surface area contributed by atoms with Crippen LogP contribution in [-0.2, 0) is 12.8 Å². The summed E-state index contributed by atoms with van der Waals surface area (Å²) in [5.74, 6) is 1.01. The first kappa shape index (κ1) is 13.0. The third-order valence-corrected chi connectivity index (χ3v) is 2.72. The Hall–Kier alpha value is -1.02. The fourth-order valence-corrected chi connectivity index (χ4v) is 1.84. The van der Waals surface area contributed by atoms with Crippen molar-refractivity contribution in [2.75, 3.05) is 6.61 Å². The monoisotopic (exact) mass is 222 g/mol. The first-order valence-electron chi connectivity index (χ1n) is 6.23. The highest BCUT2D eigenvalue weighted by atomic mass is 16.5. The Kier molecular flexibility index (Phi) is 5.33. The van der Waals surface area contributed by atoms with Gasteiger partial charge < -0.3 is 9.84 Å². The summed E-state index contributed by atoms with van der Waals surface area (Å²) in [6.45, 7) is 6.78. The number of hydrogen-bond acceptors (Lipinski definition) is 2. The van der Waals surface area contributed by atoms with Gasteiger partial charge in [0.1, 0.15) is 5.75 Å². The molecule has 1 atom stereocenters. The average Bonchev–Trinajstić information content (AvgIpc) is 2.81. The number of aliphatic hydroxyl groups excluding tert-OH is 1. The standard InChI is InChI=1S/C12H16O2.C2H6/c1-2-11(13)8-10-5-3-4-9-6-7-14-12(9)10;1-2/h3-5,11,13H,2,6-8H2,1H3;1-2H3. The molecule has 2 nitrogen and oxygen atoms in total. The maximum atomic E-state index is 9.59. The van der Waals surface area contributed by atoms with E-state index in [1.54, 1.807) is 0 Å². The second-order valence-electron chi connectivity index (χ2n) is 3.77. The van der Waals surface area contributed by atoms with Crippen molar-refractivity contribution in [2.24, 2.45) is 0 Å². The lowest BCUT2D eigenvalue weighted by Gasteiger charge is -2.11. The van der Waals surface area contributed by atoms with Crippen molar-refractivity contribution < 1.29 is 9.84 Å². The van der Waals surface area contributed by atoms with Gasteiger partial charge in [-0.1, -0.05) is 39.0 Å². The highest BCUT2D eigenvalue weighted by Crippen LogP contribution is 2.30. The van der Waals surface area contributed by atoms with Gasteiger partial charge >= 0.3 is 0 Å². The van der Waals surface area contributed by atoms with Crippen LogP contribution in [0.15, 0.2) is 18.2 Å². The summed E-state index contributed by atoms with van der Waals surface area (Å²) in [7, 11) is 0. The molecule has 0 saturated carbocycles. The van der Waals surface area contributed by atoms with Gasteiger partial charge in [-0.05, 0) is 17.5 Å². The molecule has 0 fully saturated rings. The number of para-hydroxylation sites is 1. The molecule has 0 saturated heterocycles. The molecule has 1 heterocycles. The van der Waals surface area contributed by atoms with E-state index in [9.17, 15) is 5.11 Å². The van der Waals surface area contributed by atoms with Gasteiger partial charge in [0.05, 0.1) is 12.7 Å². The van der Waals surface area contributed by atoms with E-state index in [4.69, 9.17) is 4.74 Å². The summed E-state index contributed by atoms with van der Waals surface area (Å²) in [6, 6.07) is 6.19. The molecule has 1 N–H and O–H groups in total. The van der Waals surface area contributed by atoms with Crippen LogP contribution in [0.5, 0.6) is 5.75 Å². The van der Waals surface area contributed by atoms with Gasteiger partial charge in [0.15, 0.2) is 0 Å². The van der Waals surface area contributed by atoms with Crippen molar-refractivity contribution in [1.82, 2.24) is 0 Å². The molecule has 1 aliphatic heterocycles. The fraction of sp³-hybridized carbons (Fsp3) is 0.571. The van der Waals surface area contributed by atoms with Crippen LogP contribution in [0.4, 0.5) is 0 Å². The molecule has 90 valence electrons. The van der Waals surface area contributed by atoms with E-state index in [0.717, 1.165) is 30.8 Å². The number of benzene rings is 1. The molecule has 1 aliphatic rings. The number of ether oxygens (including phenoxy) is 1. The van der Waals surface area contributed by atoms with E-state index < -0.39 is 0 Å². The summed E-state index contributed by atoms with van der Waals surface area (Å²) in [4.78, 5) is 0. The smallest absolute Gasteiger partial charge is 0.125 e. The van der Waals surface area contributed by atoms with Crippen molar-refractivity contribution in [1.29, 1.82) is 0 Å². The van der Waals surface area contributed by atoms with Crippen LogP contribution in [-0.4, -0.2) is 17.8 Å². The van der Waals surface area contributed by atoms with Gasteiger partial charge in [-0.15, -0.1) is 0 Å². The quantitative estimate of drug-likeness (QED) is 0.852. The zero-order valence-electron chi connectivity index (χ0n) is 10.5. The molecule has 1 aromatic rings. The maximum absolute atomic E-state index is 9.59. The van der Waals surface area contributed by atoms with Crippen molar-refractivity contribution in [3.05, 3.63) is 29.3 Å². The molecular weight excluding hydrogens is 200 g/mol. The van der Waals surface area contributed by atoms with E-state index in [1.807, 2.05) is 32.9 Å². The van der Waals surface area contributed by atoms with Crippen molar-refractivity contribution in [3.63, 3.8) is 0 Å². The lowest BCUT2D eigenvalue weighted by atomic mass is 10.0. The van der Waals surface area contributed by atoms with Crippen molar-refractivity contribution in [3.8, 4) is 5.75 Å². The molecule has 0 amide bonds. The minimum absolute atomic E-state index is 0.245. The zero-order valence-corrected chi connectivity index (χ0v) is 10.5. The van der Waals surface area contributed by atoms with Crippen LogP contribution in [0, 0.1) is 0 Å². The molecule has 0 aromatic heterocycles. The lowest BCUT2D eigenvalue weighted by Crippen LogP contribution is -2.09. The van der Waals surface area contributed by atoms with Gasteiger partial charge in [-0.2, -0.15) is 0 Å². The van der Waals surface area contributed by atoms with Crippen LogP contribution >= 0.6 is 0 Å². The molecular formula is C14H22O2. The number of aliphatic hydroxyl groups is 1. The van der Waals surface area contributed by atoms with Gasteiger partial charge in [-0.25, -0.2) is 0 Å². The normalized spacial score (nSPS) is 14.5. The molecule has 16 heavy (non-hydrogen) atoms. The van der Waals surface area contributed by atoms with E-state index in [2.05, 4.69) is 6.07 Å². The highest BCUT2D eigenvalue weighted by molar-refractivity contribution is 5.44. The second kappa shape index (κ2) is 6.54. The summed E-state index contributed by atoms with van der Waals surface area (Å²) in [6.07, 6.45) is 2.26. The van der Waals surface area contributed by atoms with E-state index >= 15 is 0 Å². The van der Waals surface area contributed by atoms with Gasteiger partial charge in [0.25, 0.3) is 0 Å². The Balaban J connectivity index is 0.000000606. The molecule has 0 bridgehead atoms. The zero-order chi connectivity index (χ0) is 12.0. The summed E-state index contributed by atoms with van der Waals surface area (Å²) >= 11 is 0. The molecule has 0 spiro atoms. The predicted octanol–water partition coefficient (Wildman–Crippen LogP) is 2.96. The van der Waals surface area contributed by atoms with Gasteiger partial charge in [0, 0.05) is 12.8 Å². The largest absolute Gasteiger partial charge is 0.493 e. The Morgan fingerprint density at radius 2 is 2.12 bits per heavy atom. The van der Waals surface area contributed by atoms with E-state index in [-0.39, 0.29) is 6.10 Å². The molecule has 2 rings (SSSR count). The van der Waals surface area contributed by atoms with E-state index in [0.29, 0.717) is 6.42 Å². The Labute approximate surface area is 98.3 Å². The number of fused-ring (bicyclic) bond motifs is 1. The SMILES string of the molecule is CC.CCC(O)Cc1cccc2c1OCC2. The predicted molar refractivity (Wildman–Crippen MR) is 67.0 cm³/mol.